The molecule has 3 amide bonds. The predicted octanol–water partition coefficient (Wildman–Crippen LogP) is 6.42. The van der Waals surface area contributed by atoms with Crippen molar-refractivity contribution < 1.29 is 46.6 Å². The molecule has 4 rings (SSSR count). The van der Waals surface area contributed by atoms with Crippen LogP contribution in [0.15, 0.2) is 52.8 Å². The second-order valence-corrected chi connectivity index (χ2v) is 18.5. The van der Waals surface area contributed by atoms with E-state index in [-0.39, 0.29) is 31.0 Å². The molecule has 320 valence electrons. The number of nitrogens with one attached hydrogen (secondary N) is 3. The van der Waals surface area contributed by atoms with Gasteiger partial charge in [-0.25, -0.2) is 10.2 Å². The molecule has 4 N–H and O–H groups in total. The molecule has 0 saturated heterocycles. The lowest BCUT2D eigenvalue weighted by Gasteiger charge is -2.32. The lowest BCUT2D eigenvalue weighted by atomic mass is 9.88. The smallest absolute Gasteiger partial charge is 0.394 e. The van der Waals surface area contributed by atoms with Gasteiger partial charge in [-0.1, -0.05) is 48.6 Å². The van der Waals surface area contributed by atoms with Gasteiger partial charge in [-0.15, -0.1) is 4.33 Å². The Kier molecular flexibility index (Phi) is 19.3. The average molecular weight is 867 g/mol. The lowest BCUT2D eigenvalue weighted by molar-refractivity contribution is -0.870. The van der Waals surface area contributed by atoms with E-state index in [0.29, 0.717) is 79.9 Å². The van der Waals surface area contributed by atoms with E-state index in [9.17, 15) is 14.4 Å². The van der Waals surface area contributed by atoms with E-state index in [4.69, 9.17) is 5.26 Å². The first-order valence-electron chi connectivity index (χ1n) is 20.1. The minimum absolute atomic E-state index is 0.0323. The number of quaternary nitrogens is 1. The molecule has 0 radical (unpaired) electrons. The van der Waals surface area contributed by atoms with Crippen LogP contribution in [0.25, 0.3) is 6.08 Å². The van der Waals surface area contributed by atoms with Crippen molar-refractivity contribution in [2.24, 2.45) is 0 Å². The van der Waals surface area contributed by atoms with Crippen molar-refractivity contribution in [1.29, 1.82) is 0 Å². The lowest BCUT2D eigenvalue weighted by Crippen LogP contribution is -2.51. The van der Waals surface area contributed by atoms with Crippen LogP contribution in [-0.2, 0) is 36.6 Å². The summed E-state index contributed by atoms with van der Waals surface area (Å²) >= 11 is 0.621. The van der Waals surface area contributed by atoms with E-state index < -0.39 is 24.8 Å². The maximum Gasteiger partial charge on any atom is 0.737 e. The number of fused-ring (bicyclic) bond motifs is 2. The highest BCUT2D eigenvalue weighted by Crippen LogP contribution is 2.39. The summed E-state index contributed by atoms with van der Waals surface area (Å²) in [6.07, 6.45) is 10.9. The van der Waals surface area contributed by atoms with Crippen LogP contribution in [-0.4, -0.2) is 112 Å². The summed E-state index contributed by atoms with van der Waals surface area (Å²) in [5.41, 5.74) is 3.81. The van der Waals surface area contributed by atoms with Gasteiger partial charge in [-0.2, -0.15) is 0 Å². The second kappa shape index (κ2) is 23.6. The van der Waals surface area contributed by atoms with E-state index >= 15 is 8.63 Å². The molecule has 0 aliphatic carbocycles. The molecule has 2 aromatic heterocycles. The minimum atomic E-state index is -4.26. The summed E-state index contributed by atoms with van der Waals surface area (Å²) in [6, 6.07) is 6.60. The van der Waals surface area contributed by atoms with Crippen molar-refractivity contribution in [3.63, 3.8) is 0 Å². The molecule has 2 aliphatic heterocycles. The average Bonchev–Trinajstić information content (AvgIpc) is 3.71. The number of pyridine rings is 1. The Morgan fingerprint density at radius 2 is 1.78 bits per heavy atom. The molecule has 0 saturated carbocycles. The third-order valence-electron chi connectivity index (χ3n) is 9.67. The summed E-state index contributed by atoms with van der Waals surface area (Å²) in [7, 11) is 9.44. The monoisotopic (exact) mass is 866 g/mol. The normalized spacial score (nSPS) is 15.0. The first kappa shape index (κ1) is 47.5. The number of hydrogen-bond acceptors (Lipinski definition) is 10. The van der Waals surface area contributed by atoms with E-state index in [1.54, 1.807) is 33.9 Å². The molecule has 13 nitrogen and oxygen atoms in total. The van der Waals surface area contributed by atoms with Gasteiger partial charge in [0.15, 0.2) is 5.70 Å². The van der Waals surface area contributed by atoms with Crippen LogP contribution in [0, 0.1) is 0 Å². The number of allylic oxidation sites excluding steroid dienone is 2. The summed E-state index contributed by atoms with van der Waals surface area (Å²) in [5.74, 6) is -0.445. The van der Waals surface area contributed by atoms with Gasteiger partial charge < -0.3 is 38.0 Å². The van der Waals surface area contributed by atoms with Crippen LogP contribution in [0.1, 0.15) is 88.6 Å². The zero-order valence-electron chi connectivity index (χ0n) is 34.3. The Morgan fingerprint density at radius 1 is 0.983 bits per heavy atom. The Hall–Kier alpha value is -3.20. The third-order valence-corrected chi connectivity index (χ3v) is 12.6. The maximum absolute atomic E-state index is 17.0. The third kappa shape index (κ3) is 14.2. The number of unbranched alkanes of at least 4 members (excludes halogenated alkanes) is 1. The number of hydrogen-bond donors (Lipinski definition) is 4. The first-order valence-corrected chi connectivity index (χ1v) is 23.3. The van der Waals surface area contributed by atoms with Crippen molar-refractivity contribution in [1.82, 2.24) is 25.4 Å². The zero-order chi connectivity index (χ0) is 42.1. The topological polar surface area (TPSA) is 147 Å². The Bertz CT molecular complexity index is 1790. The molecule has 0 bridgehead atoms. The molecule has 2 aliphatic rings. The van der Waals surface area contributed by atoms with Crippen LogP contribution < -0.4 is 16.0 Å². The summed E-state index contributed by atoms with van der Waals surface area (Å²) < 4.78 is 41.6. The van der Waals surface area contributed by atoms with Crippen molar-refractivity contribution in [2.45, 2.75) is 95.5 Å². The second-order valence-electron chi connectivity index (χ2n) is 15.4. The van der Waals surface area contributed by atoms with E-state index in [1.165, 1.54) is 4.48 Å². The molecule has 19 heteroatoms. The van der Waals surface area contributed by atoms with Gasteiger partial charge in [0, 0.05) is 86.2 Å². The number of amides is 3. The van der Waals surface area contributed by atoms with Gasteiger partial charge in [-0.05, 0) is 72.4 Å². The van der Waals surface area contributed by atoms with Crippen molar-refractivity contribution in [3.05, 3.63) is 64.8 Å². The summed E-state index contributed by atoms with van der Waals surface area (Å²) in [6.45, 7) is 1.45. The van der Waals surface area contributed by atoms with Gasteiger partial charge >= 0.3 is 6.97 Å². The summed E-state index contributed by atoms with van der Waals surface area (Å²) in [4.78, 5) is 43.0. The molecule has 0 aromatic carbocycles. The fourth-order valence-electron chi connectivity index (χ4n) is 7.04. The highest BCUT2D eigenvalue weighted by molar-refractivity contribution is 8.76. The zero-order valence-corrected chi connectivity index (χ0v) is 36.7. The largest absolute Gasteiger partial charge is 0.737 e. The highest BCUT2D eigenvalue weighted by atomic mass is 33.1. The van der Waals surface area contributed by atoms with Crippen molar-refractivity contribution in [3.8, 4) is 0 Å². The van der Waals surface area contributed by atoms with Crippen LogP contribution >= 0.6 is 33.6 Å². The standard InChI is InChI=1S/C39H58BF2N7O6S3/c1-6-13-29-25-31(15-12-23-49(3,4)5)47-34(29)27-35-30(14-7-2)26-32(48(35)40(47,41)42)18-19-37(51)46-33(28-56-55-54-53)39(52)45-21-10-8-16-36(50)43-22-24-57-58-38-17-9-11-20-44-38/h9,11,17,20,25-27,33H,6-8,10,12-16,18-19,21-24,28H2,1-5H3,(H3-,43,45,46,50,51,52,53)/p+1. The number of carbonyl (C=O) groups excluding carboxylic acids is 3. The molecule has 2 aromatic rings. The SMILES string of the molecule is CCCC1=CC(CCC(=O)NC(CSOOO)C(=O)NCCCCC(=O)NCCSSc2ccccn2)=[N+]2C1=Cc1c(CCC)cc(CCC[N+](C)(C)C)n1[B-]2(F)F. The number of nitrogens with zero attached hydrogens (tertiary/aromatic N) is 4. The number of rotatable bonds is 27. The number of aryl methyl sites for hydroxylation is 2. The first-order chi connectivity index (χ1) is 27.8. The fourth-order valence-corrected chi connectivity index (χ4v) is 9.30. The van der Waals surface area contributed by atoms with Gasteiger partial charge in [0.25, 0.3) is 0 Å². The number of carbonyl (C=O) groups is 3. The number of aromatic nitrogens is 2. The van der Waals surface area contributed by atoms with Gasteiger partial charge in [0.05, 0.1) is 33.4 Å². The molecular formula is C39H59BF2N7O6S3+. The minimum Gasteiger partial charge on any atom is -0.394 e. The van der Waals surface area contributed by atoms with Crippen LogP contribution in [0.3, 0.4) is 0 Å². The predicted molar refractivity (Wildman–Crippen MR) is 230 cm³/mol. The van der Waals surface area contributed by atoms with E-state index in [0.717, 1.165) is 56.7 Å². The van der Waals surface area contributed by atoms with E-state index in [1.807, 2.05) is 37.3 Å². The molecule has 0 fully saturated rings. The molecule has 4 heterocycles. The van der Waals surface area contributed by atoms with Crippen molar-refractivity contribution >= 4 is 70.1 Å². The molecule has 1 atom stereocenters. The van der Waals surface area contributed by atoms with Crippen LogP contribution in [0.2, 0.25) is 0 Å². The van der Waals surface area contributed by atoms with Crippen LogP contribution in [0.4, 0.5) is 8.63 Å². The summed E-state index contributed by atoms with van der Waals surface area (Å²) in [5, 5.41) is 21.5. The van der Waals surface area contributed by atoms with Gasteiger partial charge in [-0.3, -0.25) is 14.4 Å². The number of halogens is 2. The van der Waals surface area contributed by atoms with Crippen LogP contribution in [0.5, 0.6) is 0 Å². The Labute approximate surface area is 353 Å². The Morgan fingerprint density at radius 3 is 2.48 bits per heavy atom. The highest BCUT2D eigenvalue weighted by Gasteiger charge is 2.54. The molecule has 58 heavy (non-hydrogen) atoms. The maximum atomic E-state index is 17.0. The molecule has 0 spiro atoms. The fraction of sp³-hybridized carbons (Fsp3) is 0.564. The van der Waals surface area contributed by atoms with Crippen molar-refractivity contribution in [2.75, 3.05) is 52.3 Å². The quantitative estimate of drug-likeness (QED) is 0.0151. The van der Waals surface area contributed by atoms with E-state index in [2.05, 4.69) is 58.4 Å². The molecule has 1 unspecified atom stereocenters. The Balaban J connectivity index is 1.34. The van der Waals surface area contributed by atoms with Gasteiger partial charge in [0.1, 0.15) is 16.8 Å². The molecular weight excluding hydrogens is 807 g/mol. The van der Waals surface area contributed by atoms with Gasteiger partial charge in [0.2, 0.25) is 17.7 Å².